The molecule has 0 unspecified atom stereocenters. The van der Waals surface area contributed by atoms with Gasteiger partial charge in [-0.3, -0.25) is 10.1 Å². The second-order valence-electron chi connectivity index (χ2n) is 8.32. The smallest absolute Gasteiger partial charge is 0.227 e. The number of aromatic nitrogens is 3. The van der Waals surface area contributed by atoms with Gasteiger partial charge in [-0.15, -0.1) is 12.4 Å². The van der Waals surface area contributed by atoms with E-state index in [2.05, 4.69) is 51.0 Å². The number of nitrogens with one attached hydrogen (secondary N) is 2. The first-order chi connectivity index (χ1) is 13.7. The van der Waals surface area contributed by atoms with Crippen LogP contribution < -0.4 is 10.6 Å². The molecule has 1 aliphatic heterocycles. The monoisotopic (exact) mass is 417 g/mol. The van der Waals surface area contributed by atoms with Crippen molar-refractivity contribution in [1.82, 2.24) is 20.1 Å². The first kappa shape index (κ1) is 21.8. The maximum atomic E-state index is 12.6. The number of carbonyl (C=O) groups excluding carboxylic acids is 1. The average Bonchev–Trinajstić information content (AvgIpc) is 3.10. The molecule has 1 saturated carbocycles. The Morgan fingerprint density at radius 1 is 1.07 bits per heavy atom. The molecule has 6 nitrogen and oxygen atoms in total. The van der Waals surface area contributed by atoms with Crippen LogP contribution in [0.1, 0.15) is 68.2 Å². The van der Waals surface area contributed by atoms with Gasteiger partial charge in [0.2, 0.25) is 11.9 Å². The van der Waals surface area contributed by atoms with Gasteiger partial charge in [0.25, 0.3) is 0 Å². The molecule has 2 N–H and O–H groups in total. The van der Waals surface area contributed by atoms with Crippen molar-refractivity contribution in [3.63, 3.8) is 0 Å². The van der Waals surface area contributed by atoms with Crippen molar-refractivity contribution in [3.05, 3.63) is 41.7 Å². The fourth-order valence-corrected chi connectivity index (χ4v) is 4.63. The Kier molecular flexibility index (Phi) is 7.67. The van der Waals surface area contributed by atoms with Crippen molar-refractivity contribution >= 4 is 24.3 Å². The Morgan fingerprint density at radius 3 is 2.45 bits per heavy atom. The predicted molar refractivity (Wildman–Crippen MR) is 117 cm³/mol. The summed E-state index contributed by atoms with van der Waals surface area (Å²) in [5, 5.41) is 10.9. The van der Waals surface area contributed by atoms with Crippen molar-refractivity contribution in [2.24, 2.45) is 13.0 Å². The highest BCUT2D eigenvalue weighted by Gasteiger charge is 2.25. The van der Waals surface area contributed by atoms with Gasteiger partial charge in [-0.2, -0.15) is 10.1 Å². The van der Waals surface area contributed by atoms with Crippen molar-refractivity contribution in [2.45, 2.75) is 56.8 Å². The highest BCUT2D eigenvalue weighted by Crippen LogP contribution is 2.37. The van der Waals surface area contributed by atoms with E-state index >= 15 is 0 Å². The molecule has 7 heteroatoms. The first-order valence-corrected chi connectivity index (χ1v) is 10.7. The van der Waals surface area contributed by atoms with Crippen LogP contribution in [0.15, 0.2) is 30.3 Å². The minimum absolute atomic E-state index is 0. The van der Waals surface area contributed by atoms with Gasteiger partial charge >= 0.3 is 0 Å². The summed E-state index contributed by atoms with van der Waals surface area (Å²) in [6.45, 7) is 2.02. The molecule has 158 valence electrons. The largest absolute Gasteiger partial charge is 0.317 e. The fourth-order valence-electron chi connectivity index (χ4n) is 4.63. The summed E-state index contributed by atoms with van der Waals surface area (Å²) in [6.07, 6.45) is 7.27. The van der Waals surface area contributed by atoms with Crippen LogP contribution in [0.2, 0.25) is 0 Å². The number of rotatable bonds is 5. The molecular formula is C22H32ClN5O. The van der Waals surface area contributed by atoms with Gasteiger partial charge in [-0.1, -0.05) is 30.3 Å². The Morgan fingerprint density at radius 2 is 1.76 bits per heavy atom. The molecule has 1 saturated heterocycles. The van der Waals surface area contributed by atoms with Crippen LogP contribution in [0.5, 0.6) is 0 Å². The summed E-state index contributed by atoms with van der Waals surface area (Å²) in [5.41, 5.74) is 1.44. The van der Waals surface area contributed by atoms with E-state index in [0.717, 1.165) is 44.6 Å². The lowest BCUT2D eigenvalue weighted by molar-refractivity contribution is -0.117. The fraction of sp³-hybridized carbons (Fsp3) is 0.591. The summed E-state index contributed by atoms with van der Waals surface area (Å²) < 4.78 is 1.71. The Bertz CT molecular complexity index is 780. The number of hydrogen-bond acceptors (Lipinski definition) is 4. The zero-order valence-electron chi connectivity index (χ0n) is 17.1. The van der Waals surface area contributed by atoms with Gasteiger partial charge in [-0.05, 0) is 69.0 Å². The van der Waals surface area contributed by atoms with E-state index in [4.69, 9.17) is 0 Å². The SMILES string of the molecule is Cl.Cn1nc(C2CCNCC2)nc1NC(=O)CC1CCC(c2ccccc2)CC1. The van der Waals surface area contributed by atoms with Crippen LogP contribution in [-0.2, 0) is 11.8 Å². The maximum absolute atomic E-state index is 12.6. The molecule has 0 bridgehead atoms. The maximum Gasteiger partial charge on any atom is 0.227 e. The van der Waals surface area contributed by atoms with Crippen molar-refractivity contribution < 1.29 is 4.79 Å². The third-order valence-electron chi connectivity index (χ3n) is 6.33. The minimum Gasteiger partial charge on any atom is -0.317 e. The van der Waals surface area contributed by atoms with E-state index in [9.17, 15) is 4.79 Å². The second-order valence-corrected chi connectivity index (χ2v) is 8.32. The lowest BCUT2D eigenvalue weighted by Crippen LogP contribution is -2.27. The van der Waals surface area contributed by atoms with Crippen LogP contribution >= 0.6 is 12.4 Å². The van der Waals surface area contributed by atoms with Crippen LogP contribution in [0.25, 0.3) is 0 Å². The van der Waals surface area contributed by atoms with Gasteiger partial charge in [0.15, 0.2) is 5.82 Å². The average molecular weight is 418 g/mol. The number of amides is 1. The third-order valence-corrected chi connectivity index (χ3v) is 6.33. The summed E-state index contributed by atoms with van der Waals surface area (Å²) in [6, 6.07) is 10.8. The number of aryl methyl sites for hydroxylation is 1. The highest BCUT2D eigenvalue weighted by atomic mass is 35.5. The molecule has 4 rings (SSSR count). The van der Waals surface area contributed by atoms with Gasteiger partial charge in [-0.25, -0.2) is 4.68 Å². The molecule has 2 fully saturated rings. The molecule has 2 heterocycles. The molecule has 2 aliphatic rings. The Balaban J connectivity index is 0.00000240. The molecule has 0 spiro atoms. The van der Waals surface area contributed by atoms with Crippen LogP contribution in [0, 0.1) is 5.92 Å². The second kappa shape index (κ2) is 10.2. The molecule has 29 heavy (non-hydrogen) atoms. The van der Waals surface area contributed by atoms with Crippen LogP contribution in [0.3, 0.4) is 0 Å². The number of anilines is 1. The molecule has 1 aromatic carbocycles. The highest BCUT2D eigenvalue weighted by molar-refractivity contribution is 5.89. The number of benzene rings is 1. The van der Waals surface area contributed by atoms with Crippen LogP contribution in [0.4, 0.5) is 5.95 Å². The number of halogens is 1. The minimum atomic E-state index is 0. The van der Waals surface area contributed by atoms with E-state index in [-0.39, 0.29) is 18.3 Å². The van der Waals surface area contributed by atoms with E-state index in [1.165, 1.54) is 18.4 Å². The topological polar surface area (TPSA) is 71.8 Å². The number of hydrogen-bond donors (Lipinski definition) is 2. The van der Waals surface area contributed by atoms with E-state index in [1.807, 2.05) is 7.05 Å². The summed E-state index contributed by atoms with van der Waals surface area (Å²) in [5.74, 6) is 3.02. The number of nitrogens with zero attached hydrogens (tertiary/aromatic N) is 3. The van der Waals surface area contributed by atoms with Gasteiger partial charge in [0, 0.05) is 19.4 Å². The molecule has 1 amide bonds. The Labute approximate surface area is 179 Å². The molecule has 2 aromatic rings. The standard InChI is InChI=1S/C22H31N5O.ClH/c1-27-22(25-21(26-27)19-11-13-23-14-12-19)24-20(28)15-16-7-9-18(10-8-16)17-5-3-2-4-6-17;/h2-6,16,18-19,23H,7-15H2,1H3,(H,24,25,26,28);1H. The van der Waals surface area contributed by atoms with E-state index in [0.29, 0.717) is 30.1 Å². The Hall–Kier alpha value is -1.92. The molecule has 0 radical (unpaired) electrons. The normalized spacial score (nSPS) is 22.7. The summed E-state index contributed by atoms with van der Waals surface area (Å²) in [4.78, 5) is 17.2. The van der Waals surface area contributed by atoms with Crippen molar-refractivity contribution in [1.29, 1.82) is 0 Å². The number of carbonyl (C=O) groups is 1. The van der Waals surface area contributed by atoms with E-state index in [1.54, 1.807) is 4.68 Å². The molecule has 1 aromatic heterocycles. The summed E-state index contributed by atoms with van der Waals surface area (Å²) in [7, 11) is 1.86. The van der Waals surface area contributed by atoms with Crippen LogP contribution in [-0.4, -0.2) is 33.8 Å². The molecule has 1 aliphatic carbocycles. The van der Waals surface area contributed by atoms with Gasteiger partial charge in [0.05, 0.1) is 0 Å². The predicted octanol–water partition coefficient (Wildman–Crippen LogP) is 4.01. The van der Waals surface area contributed by atoms with E-state index < -0.39 is 0 Å². The van der Waals surface area contributed by atoms with Crippen molar-refractivity contribution in [3.8, 4) is 0 Å². The van der Waals surface area contributed by atoms with Gasteiger partial charge < -0.3 is 5.32 Å². The first-order valence-electron chi connectivity index (χ1n) is 10.7. The quantitative estimate of drug-likeness (QED) is 0.771. The molecule has 0 atom stereocenters. The zero-order valence-corrected chi connectivity index (χ0v) is 18.0. The summed E-state index contributed by atoms with van der Waals surface area (Å²) >= 11 is 0. The lowest BCUT2D eigenvalue weighted by Gasteiger charge is -2.28. The third kappa shape index (κ3) is 5.58. The van der Waals surface area contributed by atoms with Gasteiger partial charge in [0.1, 0.15) is 0 Å². The zero-order chi connectivity index (χ0) is 19.3. The lowest BCUT2D eigenvalue weighted by atomic mass is 9.77. The molecular weight excluding hydrogens is 386 g/mol. The van der Waals surface area contributed by atoms with Crippen molar-refractivity contribution in [2.75, 3.05) is 18.4 Å². The number of piperidine rings is 1.